The first-order chi connectivity index (χ1) is 5.22. The number of hydrogen-bond donors (Lipinski definition) is 2. The number of aromatic amines is 1. The van der Waals surface area contributed by atoms with Gasteiger partial charge in [0.1, 0.15) is 0 Å². The lowest BCUT2D eigenvalue weighted by atomic mass is 10.3. The standard InChI is InChI=1S/C8H11NO2/c1-2-6-3-4-7(9-6)5-8(10)11/h3-4,9H,2,5H2,1H3,(H,10,11). The van der Waals surface area contributed by atoms with Crippen LogP contribution in [-0.4, -0.2) is 16.1 Å². The Bertz CT molecular complexity index is 252. The van der Waals surface area contributed by atoms with E-state index in [1.54, 1.807) is 0 Å². The van der Waals surface area contributed by atoms with Gasteiger partial charge in [0.2, 0.25) is 0 Å². The van der Waals surface area contributed by atoms with Gasteiger partial charge in [-0.1, -0.05) is 6.92 Å². The number of carboxylic acids is 1. The highest BCUT2D eigenvalue weighted by molar-refractivity contribution is 5.69. The molecule has 0 saturated heterocycles. The molecule has 2 N–H and O–H groups in total. The minimum Gasteiger partial charge on any atom is -0.481 e. The molecule has 0 aliphatic heterocycles. The molecule has 0 aromatic carbocycles. The van der Waals surface area contributed by atoms with Gasteiger partial charge in [0.25, 0.3) is 0 Å². The molecule has 3 heteroatoms. The summed E-state index contributed by atoms with van der Waals surface area (Å²) >= 11 is 0. The van der Waals surface area contributed by atoms with Crippen LogP contribution in [0.25, 0.3) is 0 Å². The van der Waals surface area contributed by atoms with Crippen LogP contribution in [0.15, 0.2) is 12.1 Å². The third-order valence-corrected chi connectivity index (χ3v) is 1.53. The van der Waals surface area contributed by atoms with Crippen LogP contribution in [0.4, 0.5) is 0 Å². The summed E-state index contributed by atoms with van der Waals surface area (Å²) < 4.78 is 0. The fourth-order valence-electron chi connectivity index (χ4n) is 0.963. The first-order valence-electron chi connectivity index (χ1n) is 3.61. The fourth-order valence-corrected chi connectivity index (χ4v) is 0.963. The third kappa shape index (κ3) is 2.11. The van der Waals surface area contributed by atoms with Gasteiger partial charge in [-0.05, 0) is 18.6 Å². The van der Waals surface area contributed by atoms with Gasteiger partial charge in [0.05, 0.1) is 6.42 Å². The molecule has 0 aliphatic rings. The average molecular weight is 153 g/mol. The second kappa shape index (κ2) is 3.23. The molecular formula is C8H11NO2. The number of H-pyrrole nitrogens is 1. The topological polar surface area (TPSA) is 53.1 Å². The van der Waals surface area contributed by atoms with Crippen molar-refractivity contribution in [1.82, 2.24) is 4.98 Å². The van der Waals surface area contributed by atoms with Crippen molar-refractivity contribution in [2.75, 3.05) is 0 Å². The van der Waals surface area contributed by atoms with E-state index in [4.69, 9.17) is 5.11 Å². The summed E-state index contributed by atoms with van der Waals surface area (Å²) in [5.41, 5.74) is 1.86. The predicted molar refractivity (Wildman–Crippen MR) is 41.5 cm³/mol. The highest BCUT2D eigenvalue weighted by Crippen LogP contribution is 2.02. The number of rotatable bonds is 3. The quantitative estimate of drug-likeness (QED) is 0.685. The second-order valence-corrected chi connectivity index (χ2v) is 2.43. The molecule has 1 heterocycles. The predicted octanol–water partition coefficient (Wildman–Crippen LogP) is 1.20. The molecule has 0 radical (unpaired) electrons. The van der Waals surface area contributed by atoms with Crippen LogP contribution in [0.1, 0.15) is 18.3 Å². The van der Waals surface area contributed by atoms with Crippen molar-refractivity contribution in [2.24, 2.45) is 0 Å². The molecule has 0 spiro atoms. The van der Waals surface area contributed by atoms with Crippen LogP contribution in [0.3, 0.4) is 0 Å². The Balaban J connectivity index is 2.65. The van der Waals surface area contributed by atoms with Gasteiger partial charge >= 0.3 is 5.97 Å². The average Bonchev–Trinajstić information content (AvgIpc) is 2.34. The molecule has 1 aromatic heterocycles. The summed E-state index contributed by atoms with van der Waals surface area (Å²) in [4.78, 5) is 13.3. The zero-order chi connectivity index (χ0) is 8.27. The van der Waals surface area contributed by atoms with Crippen LogP contribution in [0, 0.1) is 0 Å². The van der Waals surface area contributed by atoms with Gasteiger partial charge in [-0.25, -0.2) is 0 Å². The molecule has 3 nitrogen and oxygen atoms in total. The highest BCUT2D eigenvalue weighted by atomic mass is 16.4. The molecule has 0 amide bonds. The van der Waals surface area contributed by atoms with Gasteiger partial charge in [0, 0.05) is 11.4 Å². The summed E-state index contributed by atoms with van der Waals surface area (Å²) in [5, 5.41) is 8.43. The number of aliphatic carboxylic acids is 1. The number of hydrogen-bond acceptors (Lipinski definition) is 1. The maximum absolute atomic E-state index is 10.2. The summed E-state index contributed by atoms with van der Waals surface area (Å²) in [5.74, 6) is -0.797. The fraction of sp³-hybridized carbons (Fsp3) is 0.375. The maximum Gasteiger partial charge on any atom is 0.309 e. The normalized spacial score (nSPS) is 9.91. The number of carboxylic acid groups (broad SMARTS) is 1. The smallest absolute Gasteiger partial charge is 0.309 e. The van der Waals surface area contributed by atoms with E-state index in [2.05, 4.69) is 4.98 Å². The molecular weight excluding hydrogens is 142 g/mol. The molecule has 0 aliphatic carbocycles. The number of carbonyl (C=O) groups is 1. The monoisotopic (exact) mass is 153 g/mol. The first-order valence-corrected chi connectivity index (χ1v) is 3.61. The van der Waals surface area contributed by atoms with E-state index in [1.165, 1.54) is 0 Å². The van der Waals surface area contributed by atoms with E-state index in [0.29, 0.717) is 0 Å². The third-order valence-electron chi connectivity index (χ3n) is 1.53. The largest absolute Gasteiger partial charge is 0.481 e. The Morgan fingerprint density at radius 3 is 2.64 bits per heavy atom. The van der Waals surface area contributed by atoms with E-state index in [1.807, 2.05) is 19.1 Å². The van der Waals surface area contributed by atoms with Crippen LogP contribution in [0.2, 0.25) is 0 Å². The van der Waals surface area contributed by atoms with Crippen molar-refractivity contribution < 1.29 is 9.90 Å². The van der Waals surface area contributed by atoms with Gasteiger partial charge in [-0.15, -0.1) is 0 Å². The summed E-state index contributed by atoms with van der Waals surface area (Å²) in [7, 11) is 0. The van der Waals surface area contributed by atoms with Crippen LogP contribution in [0.5, 0.6) is 0 Å². The lowest BCUT2D eigenvalue weighted by Gasteiger charge is -1.90. The molecule has 60 valence electrons. The zero-order valence-electron chi connectivity index (χ0n) is 6.42. The minimum absolute atomic E-state index is 0.0833. The van der Waals surface area contributed by atoms with Crippen LogP contribution >= 0.6 is 0 Å². The Kier molecular flexibility index (Phi) is 2.31. The zero-order valence-corrected chi connectivity index (χ0v) is 6.42. The van der Waals surface area contributed by atoms with Crippen molar-refractivity contribution in [3.8, 4) is 0 Å². The Morgan fingerprint density at radius 1 is 1.55 bits per heavy atom. The molecule has 0 saturated carbocycles. The van der Waals surface area contributed by atoms with Crippen LogP contribution in [-0.2, 0) is 17.6 Å². The van der Waals surface area contributed by atoms with Gasteiger partial charge in [0.15, 0.2) is 0 Å². The number of nitrogens with one attached hydrogen (secondary N) is 1. The van der Waals surface area contributed by atoms with Gasteiger partial charge in [-0.2, -0.15) is 0 Å². The maximum atomic E-state index is 10.2. The summed E-state index contributed by atoms with van der Waals surface area (Å²) in [6, 6.07) is 3.73. The molecule has 1 rings (SSSR count). The van der Waals surface area contributed by atoms with E-state index in [-0.39, 0.29) is 6.42 Å². The second-order valence-electron chi connectivity index (χ2n) is 2.43. The van der Waals surface area contributed by atoms with Crippen molar-refractivity contribution in [2.45, 2.75) is 19.8 Å². The van der Waals surface area contributed by atoms with Crippen molar-refractivity contribution in [1.29, 1.82) is 0 Å². The van der Waals surface area contributed by atoms with E-state index >= 15 is 0 Å². The Morgan fingerprint density at radius 2 is 2.18 bits per heavy atom. The van der Waals surface area contributed by atoms with E-state index in [9.17, 15) is 4.79 Å². The van der Waals surface area contributed by atoms with E-state index < -0.39 is 5.97 Å². The Hall–Kier alpha value is -1.25. The lowest BCUT2D eigenvalue weighted by molar-refractivity contribution is -0.136. The number of aryl methyl sites for hydroxylation is 1. The number of aromatic nitrogens is 1. The van der Waals surface area contributed by atoms with Crippen molar-refractivity contribution >= 4 is 5.97 Å². The van der Waals surface area contributed by atoms with E-state index in [0.717, 1.165) is 17.8 Å². The molecule has 0 atom stereocenters. The molecule has 0 bridgehead atoms. The minimum atomic E-state index is -0.797. The lowest BCUT2D eigenvalue weighted by Crippen LogP contribution is -2.00. The highest BCUT2D eigenvalue weighted by Gasteiger charge is 2.01. The molecule has 11 heavy (non-hydrogen) atoms. The van der Waals surface area contributed by atoms with Crippen LogP contribution < -0.4 is 0 Å². The summed E-state index contributed by atoms with van der Waals surface area (Å²) in [6.07, 6.45) is 1.000. The summed E-state index contributed by atoms with van der Waals surface area (Å²) in [6.45, 7) is 2.02. The van der Waals surface area contributed by atoms with Crippen molar-refractivity contribution in [3.63, 3.8) is 0 Å². The molecule has 0 fully saturated rings. The van der Waals surface area contributed by atoms with Gasteiger partial charge in [-0.3, -0.25) is 4.79 Å². The molecule has 0 unspecified atom stereocenters. The van der Waals surface area contributed by atoms with Crippen molar-refractivity contribution in [3.05, 3.63) is 23.5 Å². The van der Waals surface area contributed by atoms with Gasteiger partial charge < -0.3 is 10.1 Å². The first kappa shape index (κ1) is 7.85. The Labute approximate surface area is 65.1 Å². The molecule has 1 aromatic rings. The SMILES string of the molecule is CCc1ccc(CC(=O)O)[nH]1.